The van der Waals surface area contributed by atoms with Crippen LogP contribution in [0.3, 0.4) is 0 Å². The molecule has 0 bridgehead atoms. The first-order valence-corrected chi connectivity index (χ1v) is 7.58. The summed E-state index contributed by atoms with van der Waals surface area (Å²) in [6.45, 7) is 7.78. The van der Waals surface area contributed by atoms with Crippen LogP contribution in [0.25, 0.3) is 0 Å². The van der Waals surface area contributed by atoms with Crippen LogP contribution in [0.2, 0.25) is 0 Å². The van der Waals surface area contributed by atoms with E-state index in [1.807, 2.05) is 18.2 Å². The van der Waals surface area contributed by atoms with Crippen LogP contribution in [0.5, 0.6) is 5.75 Å². The molecule has 0 radical (unpaired) electrons. The molecule has 1 aliphatic carbocycles. The van der Waals surface area contributed by atoms with Crippen LogP contribution in [0.4, 0.5) is 0 Å². The monoisotopic (exact) mass is 297 g/mol. The van der Waals surface area contributed by atoms with Gasteiger partial charge in [-0.25, -0.2) is 0 Å². The SMILES string of the molecule is CC1CCC(C(C)C)C(NCc2ccccc2O)C1.Cl. The Bertz CT molecular complexity index is 408. The third kappa shape index (κ3) is 4.39. The molecule has 0 saturated heterocycles. The number of hydrogen-bond donors (Lipinski definition) is 2. The van der Waals surface area contributed by atoms with Crippen LogP contribution in [0.1, 0.15) is 45.6 Å². The molecule has 1 aromatic carbocycles. The van der Waals surface area contributed by atoms with Gasteiger partial charge in [-0.3, -0.25) is 0 Å². The van der Waals surface area contributed by atoms with Gasteiger partial charge >= 0.3 is 0 Å². The van der Waals surface area contributed by atoms with Gasteiger partial charge in [0.2, 0.25) is 0 Å². The molecular formula is C17H28ClNO. The zero-order valence-corrected chi connectivity index (χ0v) is 13.6. The van der Waals surface area contributed by atoms with Crippen LogP contribution < -0.4 is 5.32 Å². The Morgan fingerprint density at radius 2 is 1.95 bits per heavy atom. The summed E-state index contributed by atoms with van der Waals surface area (Å²) in [5.41, 5.74) is 1.00. The van der Waals surface area contributed by atoms with Crippen molar-refractivity contribution in [1.82, 2.24) is 5.32 Å². The highest BCUT2D eigenvalue weighted by atomic mass is 35.5. The summed E-state index contributed by atoms with van der Waals surface area (Å²) >= 11 is 0. The molecule has 20 heavy (non-hydrogen) atoms. The third-order valence-electron chi connectivity index (χ3n) is 4.57. The number of aromatic hydroxyl groups is 1. The molecule has 114 valence electrons. The number of rotatable bonds is 4. The van der Waals surface area contributed by atoms with E-state index in [0.29, 0.717) is 11.8 Å². The normalized spacial score (nSPS) is 26.3. The smallest absolute Gasteiger partial charge is 0.120 e. The van der Waals surface area contributed by atoms with Crippen molar-refractivity contribution in [3.63, 3.8) is 0 Å². The van der Waals surface area contributed by atoms with Crippen molar-refractivity contribution in [2.75, 3.05) is 0 Å². The third-order valence-corrected chi connectivity index (χ3v) is 4.57. The second-order valence-electron chi connectivity index (χ2n) is 6.44. The van der Waals surface area contributed by atoms with Crippen LogP contribution >= 0.6 is 12.4 Å². The summed E-state index contributed by atoms with van der Waals surface area (Å²) in [7, 11) is 0. The molecule has 3 atom stereocenters. The minimum absolute atomic E-state index is 0. The first-order valence-electron chi connectivity index (χ1n) is 7.58. The Morgan fingerprint density at radius 3 is 2.60 bits per heavy atom. The topological polar surface area (TPSA) is 32.3 Å². The molecule has 1 saturated carbocycles. The zero-order chi connectivity index (χ0) is 13.8. The van der Waals surface area contributed by atoms with E-state index in [4.69, 9.17) is 0 Å². The molecule has 2 rings (SSSR count). The summed E-state index contributed by atoms with van der Waals surface area (Å²) in [6.07, 6.45) is 3.95. The molecule has 0 spiro atoms. The predicted octanol–water partition coefficient (Wildman–Crippen LogP) is 4.36. The van der Waals surface area contributed by atoms with Gasteiger partial charge < -0.3 is 10.4 Å². The Kier molecular flexibility index (Phi) is 6.84. The van der Waals surface area contributed by atoms with Gasteiger partial charge in [0.05, 0.1) is 0 Å². The number of benzene rings is 1. The van der Waals surface area contributed by atoms with Gasteiger partial charge in [-0.2, -0.15) is 0 Å². The number of para-hydroxylation sites is 1. The minimum Gasteiger partial charge on any atom is -0.508 e. The lowest BCUT2D eigenvalue weighted by Gasteiger charge is -2.38. The van der Waals surface area contributed by atoms with Crippen molar-refractivity contribution in [2.45, 2.75) is 52.6 Å². The predicted molar refractivity (Wildman–Crippen MR) is 87.3 cm³/mol. The highest BCUT2D eigenvalue weighted by Crippen LogP contribution is 2.33. The Labute approximate surface area is 129 Å². The standard InChI is InChI=1S/C17H27NO.ClH/c1-12(2)15-9-8-13(3)10-16(15)18-11-14-6-4-5-7-17(14)19;/h4-7,12-13,15-16,18-19H,8-11H2,1-3H3;1H. The number of phenolic OH excluding ortho intramolecular Hbond substituents is 1. The van der Waals surface area contributed by atoms with Crippen molar-refractivity contribution in [1.29, 1.82) is 0 Å². The van der Waals surface area contributed by atoms with Crippen LogP contribution in [0, 0.1) is 17.8 Å². The maximum Gasteiger partial charge on any atom is 0.120 e. The number of phenols is 1. The van der Waals surface area contributed by atoms with Crippen LogP contribution in [-0.4, -0.2) is 11.1 Å². The Hall–Kier alpha value is -0.730. The van der Waals surface area contributed by atoms with Gasteiger partial charge in [0.15, 0.2) is 0 Å². The lowest BCUT2D eigenvalue weighted by Crippen LogP contribution is -2.42. The van der Waals surface area contributed by atoms with E-state index >= 15 is 0 Å². The van der Waals surface area contributed by atoms with Gasteiger partial charge in [-0.1, -0.05) is 45.4 Å². The first kappa shape index (κ1) is 17.3. The van der Waals surface area contributed by atoms with Gasteiger partial charge in [-0.15, -0.1) is 12.4 Å². The molecule has 3 heteroatoms. The fourth-order valence-electron chi connectivity index (χ4n) is 3.34. The number of halogens is 1. The maximum absolute atomic E-state index is 9.83. The van der Waals surface area contributed by atoms with Crippen LogP contribution in [-0.2, 0) is 6.54 Å². The fourth-order valence-corrected chi connectivity index (χ4v) is 3.34. The maximum atomic E-state index is 9.83. The first-order chi connectivity index (χ1) is 9.08. The molecule has 0 aromatic heterocycles. The largest absolute Gasteiger partial charge is 0.508 e. The van der Waals surface area contributed by atoms with E-state index in [9.17, 15) is 5.11 Å². The van der Waals surface area contributed by atoms with Gasteiger partial charge in [0.1, 0.15) is 5.75 Å². The van der Waals surface area contributed by atoms with Crippen molar-refractivity contribution in [3.8, 4) is 5.75 Å². The Balaban J connectivity index is 0.00000200. The summed E-state index contributed by atoms with van der Waals surface area (Å²) in [4.78, 5) is 0. The van der Waals surface area contributed by atoms with E-state index in [2.05, 4.69) is 26.1 Å². The van der Waals surface area contributed by atoms with E-state index in [-0.39, 0.29) is 12.4 Å². The summed E-state index contributed by atoms with van der Waals surface area (Å²) < 4.78 is 0. The quantitative estimate of drug-likeness (QED) is 0.865. The average Bonchev–Trinajstić information content (AvgIpc) is 2.37. The molecule has 3 unspecified atom stereocenters. The lowest BCUT2D eigenvalue weighted by atomic mass is 9.74. The minimum atomic E-state index is 0. The Morgan fingerprint density at radius 1 is 1.25 bits per heavy atom. The van der Waals surface area contributed by atoms with Gasteiger partial charge in [0.25, 0.3) is 0 Å². The summed E-state index contributed by atoms with van der Waals surface area (Å²) in [5, 5.41) is 13.5. The highest BCUT2D eigenvalue weighted by Gasteiger charge is 2.30. The molecule has 1 aromatic rings. The number of hydrogen-bond acceptors (Lipinski definition) is 2. The molecule has 1 aliphatic rings. The zero-order valence-electron chi connectivity index (χ0n) is 12.8. The van der Waals surface area contributed by atoms with Crippen molar-refractivity contribution >= 4 is 12.4 Å². The van der Waals surface area contributed by atoms with Crippen LogP contribution in [0.15, 0.2) is 24.3 Å². The van der Waals surface area contributed by atoms with Crippen molar-refractivity contribution in [2.24, 2.45) is 17.8 Å². The summed E-state index contributed by atoms with van der Waals surface area (Å²) in [6, 6.07) is 8.21. The summed E-state index contributed by atoms with van der Waals surface area (Å²) in [5.74, 6) is 2.72. The molecule has 1 fully saturated rings. The van der Waals surface area contributed by atoms with Crippen molar-refractivity contribution in [3.05, 3.63) is 29.8 Å². The van der Waals surface area contributed by atoms with E-state index in [1.54, 1.807) is 6.07 Å². The molecule has 2 nitrogen and oxygen atoms in total. The second-order valence-corrected chi connectivity index (χ2v) is 6.44. The van der Waals surface area contributed by atoms with Gasteiger partial charge in [-0.05, 0) is 36.7 Å². The molecular weight excluding hydrogens is 270 g/mol. The second kappa shape index (κ2) is 7.90. The van der Waals surface area contributed by atoms with E-state index in [1.165, 1.54) is 19.3 Å². The molecule has 0 amide bonds. The lowest BCUT2D eigenvalue weighted by molar-refractivity contribution is 0.169. The van der Waals surface area contributed by atoms with E-state index in [0.717, 1.165) is 29.9 Å². The van der Waals surface area contributed by atoms with Gasteiger partial charge in [0, 0.05) is 18.2 Å². The molecule has 0 heterocycles. The molecule has 0 aliphatic heterocycles. The van der Waals surface area contributed by atoms with E-state index < -0.39 is 0 Å². The highest BCUT2D eigenvalue weighted by molar-refractivity contribution is 5.85. The number of nitrogens with one attached hydrogen (secondary N) is 1. The van der Waals surface area contributed by atoms with Crippen molar-refractivity contribution < 1.29 is 5.11 Å². The fraction of sp³-hybridized carbons (Fsp3) is 0.647. The average molecular weight is 298 g/mol. The molecule has 2 N–H and O–H groups in total.